The summed E-state index contributed by atoms with van der Waals surface area (Å²) in [7, 11) is 1.62. The van der Waals surface area contributed by atoms with Crippen LogP contribution in [0.4, 0.5) is 5.82 Å². The summed E-state index contributed by atoms with van der Waals surface area (Å²) in [5.41, 5.74) is 1.01. The molecule has 0 aliphatic heterocycles. The molecule has 3 rings (SSSR count). The molecule has 1 aromatic carbocycles. The van der Waals surface area contributed by atoms with Crippen LogP contribution < -0.4 is 15.7 Å². The number of hydrogen-bond donors (Lipinski definition) is 1. The van der Waals surface area contributed by atoms with Crippen LogP contribution in [0.5, 0.6) is 5.75 Å². The Morgan fingerprint density at radius 3 is 3.00 bits per heavy atom. The number of carbonyl (C=O) groups is 1. The third-order valence-electron chi connectivity index (χ3n) is 3.61. The number of aryl methyl sites for hydroxylation is 2. The summed E-state index contributed by atoms with van der Waals surface area (Å²) in [6.07, 6.45) is 1.37. The molecule has 0 unspecified atom stereocenters. The van der Waals surface area contributed by atoms with Gasteiger partial charge in [0, 0.05) is 24.6 Å². The Bertz CT molecular complexity index is 1060. The standard InChI is InChI=1S/C17H14N4O4/c1-10-5-16(23)25-14-6-12(3-4-13(10)14)24-9-15(22)20-17-11(7-18)8-19-21(17)2/h3-6,8H,9H2,1-2H3,(H,20,22). The second kappa shape index (κ2) is 6.49. The van der Waals surface area contributed by atoms with Crippen molar-refractivity contribution in [3.63, 3.8) is 0 Å². The van der Waals surface area contributed by atoms with E-state index in [0.29, 0.717) is 17.2 Å². The van der Waals surface area contributed by atoms with Gasteiger partial charge in [-0.05, 0) is 24.6 Å². The first-order valence-electron chi connectivity index (χ1n) is 7.37. The van der Waals surface area contributed by atoms with E-state index in [1.807, 2.05) is 13.0 Å². The van der Waals surface area contributed by atoms with Crippen molar-refractivity contribution < 1.29 is 13.9 Å². The van der Waals surface area contributed by atoms with Crippen LogP contribution in [-0.2, 0) is 11.8 Å². The first-order valence-corrected chi connectivity index (χ1v) is 7.37. The predicted octanol–water partition coefficient (Wildman–Crippen LogP) is 1.72. The number of aromatic nitrogens is 2. The van der Waals surface area contributed by atoms with Gasteiger partial charge in [-0.25, -0.2) is 4.79 Å². The molecule has 0 spiro atoms. The minimum Gasteiger partial charge on any atom is -0.484 e. The highest BCUT2D eigenvalue weighted by Gasteiger charge is 2.12. The zero-order valence-electron chi connectivity index (χ0n) is 13.6. The summed E-state index contributed by atoms with van der Waals surface area (Å²) >= 11 is 0. The van der Waals surface area contributed by atoms with Crippen molar-refractivity contribution in [3.8, 4) is 11.8 Å². The van der Waals surface area contributed by atoms with Gasteiger partial charge in [0.05, 0.1) is 6.20 Å². The number of nitrogens with zero attached hydrogens (tertiary/aromatic N) is 3. The molecule has 0 aliphatic rings. The van der Waals surface area contributed by atoms with E-state index in [-0.39, 0.29) is 12.2 Å². The van der Waals surface area contributed by atoms with E-state index < -0.39 is 11.5 Å². The van der Waals surface area contributed by atoms with Crippen LogP contribution in [-0.4, -0.2) is 22.3 Å². The van der Waals surface area contributed by atoms with Gasteiger partial charge in [0.2, 0.25) is 0 Å². The van der Waals surface area contributed by atoms with Gasteiger partial charge in [0.15, 0.2) is 6.61 Å². The Morgan fingerprint density at radius 1 is 1.44 bits per heavy atom. The fraction of sp³-hybridized carbons (Fsp3) is 0.176. The first-order chi connectivity index (χ1) is 12.0. The maximum atomic E-state index is 12.0. The number of fused-ring (bicyclic) bond motifs is 1. The fourth-order valence-corrected chi connectivity index (χ4v) is 2.38. The maximum Gasteiger partial charge on any atom is 0.336 e. The monoisotopic (exact) mass is 338 g/mol. The second-order valence-corrected chi connectivity index (χ2v) is 5.39. The van der Waals surface area contributed by atoms with Crippen molar-refractivity contribution in [1.29, 1.82) is 5.26 Å². The lowest BCUT2D eigenvalue weighted by Crippen LogP contribution is -2.22. The average Bonchev–Trinajstić information content (AvgIpc) is 2.92. The number of amides is 1. The van der Waals surface area contributed by atoms with E-state index in [1.165, 1.54) is 16.9 Å². The van der Waals surface area contributed by atoms with E-state index in [2.05, 4.69) is 10.4 Å². The molecular formula is C17H14N4O4. The average molecular weight is 338 g/mol. The summed E-state index contributed by atoms with van der Waals surface area (Å²) in [5.74, 6) is 0.254. The quantitative estimate of drug-likeness (QED) is 0.725. The number of anilines is 1. The summed E-state index contributed by atoms with van der Waals surface area (Å²) in [5, 5.41) is 16.3. The molecule has 25 heavy (non-hydrogen) atoms. The number of carbonyl (C=O) groups excluding carboxylic acids is 1. The van der Waals surface area contributed by atoms with Crippen LogP contribution in [0.15, 0.2) is 39.7 Å². The van der Waals surface area contributed by atoms with Crippen molar-refractivity contribution in [2.24, 2.45) is 7.05 Å². The molecule has 0 fully saturated rings. The van der Waals surface area contributed by atoms with Crippen molar-refractivity contribution in [1.82, 2.24) is 9.78 Å². The van der Waals surface area contributed by atoms with Crippen LogP contribution in [0.25, 0.3) is 11.0 Å². The summed E-state index contributed by atoms with van der Waals surface area (Å²) in [4.78, 5) is 23.5. The maximum absolute atomic E-state index is 12.0. The number of benzene rings is 1. The Hall–Kier alpha value is -3.60. The Morgan fingerprint density at radius 2 is 2.24 bits per heavy atom. The van der Waals surface area contributed by atoms with Crippen molar-refractivity contribution >= 4 is 22.7 Å². The first kappa shape index (κ1) is 16.3. The molecule has 3 aromatic rings. The van der Waals surface area contributed by atoms with Gasteiger partial charge in [-0.1, -0.05) is 0 Å². The van der Waals surface area contributed by atoms with E-state index in [4.69, 9.17) is 14.4 Å². The zero-order chi connectivity index (χ0) is 18.0. The highest BCUT2D eigenvalue weighted by molar-refractivity contribution is 5.92. The van der Waals surface area contributed by atoms with Crippen LogP contribution in [0.1, 0.15) is 11.1 Å². The third-order valence-corrected chi connectivity index (χ3v) is 3.61. The van der Waals surface area contributed by atoms with Gasteiger partial charge in [-0.15, -0.1) is 0 Å². The van der Waals surface area contributed by atoms with Gasteiger partial charge in [0.1, 0.15) is 28.8 Å². The number of ether oxygens (including phenoxy) is 1. The van der Waals surface area contributed by atoms with Crippen LogP contribution in [0, 0.1) is 18.3 Å². The van der Waals surface area contributed by atoms with Crippen molar-refractivity contribution in [3.05, 3.63) is 52.0 Å². The van der Waals surface area contributed by atoms with Gasteiger partial charge in [0.25, 0.3) is 5.91 Å². The molecule has 126 valence electrons. The third kappa shape index (κ3) is 3.35. The number of nitriles is 1. The Labute approximate surface area is 142 Å². The molecule has 1 N–H and O–H groups in total. The number of rotatable bonds is 4. The minimum atomic E-state index is -0.444. The molecule has 2 aromatic heterocycles. The highest BCUT2D eigenvalue weighted by atomic mass is 16.5. The van der Waals surface area contributed by atoms with Crippen molar-refractivity contribution in [2.75, 3.05) is 11.9 Å². The largest absolute Gasteiger partial charge is 0.484 e. The molecule has 0 radical (unpaired) electrons. The highest BCUT2D eigenvalue weighted by Crippen LogP contribution is 2.22. The molecule has 0 bridgehead atoms. The van der Waals surface area contributed by atoms with Gasteiger partial charge >= 0.3 is 5.63 Å². The van der Waals surface area contributed by atoms with Gasteiger partial charge < -0.3 is 14.5 Å². The molecule has 8 heteroatoms. The van der Waals surface area contributed by atoms with Crippen LogP contribution >= 0.6 is 0 Å². The van der Waals surface area contributed by atoms with Gasteiger partial charge in [-0.2, -0.15) is 10.4 Å². The smallest absolute Gasteiger partial charge is 0.336 e. The van der Waals surface area contributed by atoms with E-state index in [0.717, 1.165) is 10.9 Å². The summed E-state index contributed by atoms with van der Waals surface area (Å²) in [6, 6.07) is 8.36. The summed E-state index contributed by atoms with van der Waals surface area (Å²) in [6.45, 7) is 1.55. The lowest BCUT2D eigenvalue weighted by Gasteiger charge is -2.09. The minimum absolute atomic E-state index is 0.263. The SMILES string of the molecule is Cc1cc(=O)oc2cc(OCC(=O)Nc3c(C#N)cnn3C)ccc12. The van der Waals surface area contributed by atoms with Gasteiger partial charge in [-0.3, -0.25) is 9.48 Å². The molecule has 0 atom stereocenters. The molecule has 2 heterocycles. The Balaban J connectivity index is 1.72. The molecule has 0 aliphatic carbocycles. The van der Waals surface area contributed by atoms with Crippen molar-refractivity contribution in [2.45, 2.75) is 6.92 Å². The molecule has 0 saturated carbocycles. The number of nitrogens with one attached hydrogen (secondary N) is 1. The van der Waals surface area contributed by atoms with E-state index in [9.17, 15) is 9.59 Å². The topological polar surface area (TPSA) is 110 Å². The van der Waals surface area contributed by atoms with Crippen LogP contribution in [0.3, 0.4) is 0 Å². The normalized spacial score (nSPS) is 10.4. The van der Waals surface area contributed by atoms with Crippen LogP contribution in [0.2, 0.25) is 0 Å². The lowest BCUT2D eigenvalue weighted by atomic mass is 10.1. The Kier molecular flexibility index (Phi) is 4.22. The fourth-order valence-electron chi connectivity index (χ4n) is 2.38. The predicted molar refractivity (Wildman–Crippen MR) is 89.3 cm³/mol. The second-order valence-electron chi connectivity index (χ2n) is 5.39. The molecule has 1 amide bonds. The lowest BCUT2D eigenvalue weighted by molar-refractivity contribution is -0.118. The van der Waals surface area contributed by atoms with E-state index >= 15 is 0 Å². The molecule has 0 saturated heterocycles. The molecule has 8 nitrogen and oxygen atoms in total. The molecular weight excluding hydrogens is 324 g/mol. The van der Waals surface area contributed by atoms with E-state index in [1.54, 1.807) is 25.2 Å². The number of hydrogen-bond acceptors (Lipinski definition) is 6. The zero-order valence-corrected chi connectivity index (χ0v) is 13.6. The summed E-state index contributed by atoms with van der Waals surface area (Å²) < 4.78 is 12.0.